The van der Waals surface area contributed by atoms with E-state index in [-0.39, 0.29) is 24.0 Å². The number of allylic oxidation sites excluding steroid dienone is 2. The van der Waals surface area contributed by atoms with Gasteiger partial charge in [0.25, 0.3) is 0 Å². The van der Waals surface area contributed by atoms with Gasteiger partial charge in [-0.15, -0.1) is 0 Å². The molecule has 0 aromatic carbocycles. The molecule has 4 nitrogen and oxygen atoms in total. The van der Waals surface area contributed by atoms with Crippen LogP contribution in [-0.2, 0) is 4.79 Å². The highest BCUT2D eigenvalue weighted by Gasteiger charge is 2.44. The van der Waals surface area contributed by atoms with Crippen molar-refractivity contribution in [3.63, 3.8) is 0 Å². The average Bonchev–Trinajstić information content (AvgIpc) is 3.13. The predicted molar refractivity (Wildman–Crippen MR) is 110 cm³/mol. The standard InChI is InChI=1S/C23H39NO3/c1-4-5-6-10-19(25)12-13-20-21-15-17(14-18(21)16-22(20)26)9-7-8-11-23(27)24(2)3/h9,12-13,18-22,25-26H,4-8,10-11,14-16H2,1-3H3/t18-,19-,20+,21-,22+/m0/s1. The van der Waals surface area contributed by atoms with Crippen LogP contribution in [0.4, 0.5) is 0 Å². The number of hydrogen-bond donors (Lipinski definition) is 2. The van der Waals surface area contributed by atoms with Crippen molar-refractivity contribution in [1.82, 2.24) is 4.90 Å². The normalized spacial score (nSPS) is 30.2. The van der Waals surface area contributed by atoms with Crippen LogP contribution < -0.4 is 0 Å². The van der Waals surface area contributed by atoms with Gasteiger partial charge in [0.05, 0.1) is 12.2 Å². The lowest BCUT2D eigenvalue weighted by molar-refractivity contribution is -0.128. The van der Waals surface area contributed by atoms with E-state index >= 15 is 0 Å². The van der Waals surface area contributed by atoms with Crippen molar-refractivity contribution in [3.8, 4) is 0 Å². The molecule has 0 saturated heterocycles. The van der Waals surface area contributed by atoms with E-state index < -0.39 is 0 Å². The first kappa shape index (κ1) is 22.2. The molecule has 2 N–H and O–H groups in total. The summed E-state index contributed by atoms with van der Waals surface area (Å²) in [5, 5.41) is 20.6. The summed E-state index contributed by atoms with van der Waals surface area (Å²) < 4.78 is 0. The van der Waals surface area contributed by atoms with Gasteiger partial charge in [0.2, 0.25) is 5.91 Å². The summed E-state index contributed by atoms with van der Waals surface area (Å²) in [7, 11) is 3.61. The van der Waals surface area contributed by atoms with E-state index in [1.54, 1.807) is 19.0 Å². The molecule has 2 aliphatic carbocycles. The summed E-state index contributed by atoms with van der Waals surface area (Å²) in [6.07, 6.45) is 15.4. The number of aliphatic hydroxyl groups is 2. The highest BCUT2D eigenvalue weighted by molar-refractivity contribution is 5.75. The fourth-order valence-electron chi connectivity index (χ4n) is 4.68. The molecule has 5 atom stereocenters. The van der Waals surface area contributed by atoms with Crippen molar-refractivity contribution >= 4 is 5.91 Å². The Balaban J connectivity index is 1.80. The lowest BCUT2D eigenvalue weighted by Gasteiger charge is -2.17. The van der Waals surface area contributed by atoms with Crippen LogP contribution in [-0.4, -0.2) is 47.3 Å². The zero-order chi connectivity index (χ0) is 19.8. The number of carbonyl (C=O) groups is 1. The fourth-order valence-corrected chi connectivity index (χ4v) is 4.68. The number of aliphatic hydroxyl groups excluding tert-OH is 2. The highest BCUT2D eigenvalue weighted by Crippen LogP contribution is 2.50. The predicted octanol–water partition coefficient (Wildman–Crippen LogP) is 4.08. The quantitative estimate of drug-likeness (QED) is 0.445. The molecule has 0 radical (unpaired) electrons. The van der Waals surface area contributed by atoms with Crippen LogP contribution in [0.5, 0.6) is 0 Å². The molecule has 0 spiro atoms. The van der Waals surface area contributed by atoms with Gasteiger partial charge >= 0.3 is 0 Å². The summed E-state index contributed by atoms with van der Waals surface area (Å²) in [5.41, 5.74) is 1.50. The first-order chi connectivity index (χ1) is 12.9. The third-order valence-corrected chi connectivity index (χ3v) is 6.30. The molecule has 0 aromatic heterocycles. The third-order valence-electron chi connectivity index (χ3n) is 6.30. The van der Waals surface area contributed by atoms with Gasteiger partial charge in [-0.1, -0.05) is 50.0 Å². The Morgan fingerprint density at radius 3 is 2.74 bits per heavy atom. The number of amides is 1. The zero-order valence-electron chi connectivity index (χ0n) is 17.4. The van der Waals surface area contributed by atoms with Crippen LogP contribution in [0.2, 0.25) is 0 Å². The Hall–Kier alpha value is -1.13. The molecule has 1 amide bonds. The van der Waals surface area contributed by atoms with E-state index in [9.17, 15) is 15.0 Å². The van der Waals surface area contributed by atoms with Gasteiger partial charge in [-0.2, -0.15) is 0 Å². The maximum Gasteiger partial charge on any atom is 0.222 e. The first-order valence-electron chi connectivity index (χ1n) is 10.8. The van der Waals surface area contributed by atoms with Gasteiger partial charge in [0.1, 0.15) is 0 Å². The van der Waals surface area contributed by atoms with E-state index in [1.165, 1.54) is 12.0 Å². The van der Waals surface area contributed by atoms with E-state index in [0.717, 1.165) is 51.4 Å². The number of fused-ring (bicyclic) bond motifs is 1. The Morgan fingerprint density at radius 1 is 1.26 bits per heavy atom. The molecule has 2 rings (SSSR count). The lowest BCUT2D eigenvalue weighted by Crippen LogP contribution is -2.20. The maximum atomic E-state index is 11.6. The Morgan fingerprint density at radius 2 is 2.04 bits per heavy atom. The molecule has 0 aliphatic heterocycles. The molecule has 0 heterocycles. The Kier molecular flexibility index (Phi) is 9.04. The second-order valence-electron chi connectivity index (χ2n) is 8.70. The SMILES string of the molecule is CCCCC[C@H](O)C=C[C@@H]1[C@H]2CC(=CCCCC(=O)N(C)C)C[C@H]2C[C@H]1O. The molecule has 4 heteroatoms. The minimum absolute atomic E-state index is 0.178. The Bertz CT molecular complexity index is 526. The molecule has 2 aliphatic rings. The van der Waals surface area contributed by atoms with Crippen molar-refractivity contribution in [2.75, 3.05) is 14.1 Å². The number of nitrogens with zero attached hydrogens (tertiary/aromatic N) is 1. The largest absolute Gasteiger partial charge is 0.392 e. The van der Waals surface area contributed by atoms with Gasteiger partial charge < -0.3 is 15.1 Å². The minimum atomic E-state index is -0.381. The molecular formula is C23H39NO3. The molecule has 0 bridgehead atoms. The number of carbonyl (C=O) groups excluding carboxylic acids is 1. The van der Waals surface area contributed by atoms with Crippen molar-refractivity contribution in [2.45, 2.75) is 83.3 Å². The molecule has 27 heavy (non-hydrogen) atoms. The summed E-state index contributed by atoms with van der Waals surface area (Å²) in [6.45, 7) is 2.17. The average molecular weight is 378 g/mol. The topological polar surface area (TPSA) is 60.8 Å². The van der Waals surface area contributed by atoms with Gasteiger partial charge in [-0.25, -0.2) is 0 Å². The van der Waals surface area contributed by atoms with Gasteiger partial charge in [-0.05, 0) is 50.4 Å². The van der Waals surface area contributed by atoms with E-state index in [1.807, 2.05) is 6.08 Å². The van der Waals surface area contributed by atoms with Gasteiger partial charge in [0.15, 0.2) is 0 Å². The van der Waals surface area contributed by atoms with Crippen LogP contribution in [0.1, 0.15) is 71.1 Å². The first-order valence-corrected chi connectivity index (χ1v) is 10.8. The maximum absolute atomic E-state index is 11.6. The number of hydrogen-bond acceptors (Lipinski definition) is 3. The van der Waals surface area contributed by atoms with E-state index in [2.05, 4.69) is 19.1 Å². The van der Waals surface area contributed by atoms with Crippen LogP contribution in [0, 0.1) is 17.8 Å². The van der Waals surface area contributed by atoms with Crippen LogP contribution in [0.3, 0.4) is 0 Å². The van der Waals surface area contributed by atoms with Crippen molar-refractivity contribution in [2.24, 2.45) is 17.8 Å². The minimum Gasteiger partial charge on any atom is -0.392 e. The van der Waals surface area contributed by atoms with Crippen molar-refractivity contribution < 1.29 is 15.0 Å². The smallest absolute Gasteiger partial charge is 0.222 e. The van der Waals surface area contributed by atoms with E-state index in [0.29, 0.717) is 18.3 Å². The second-order valence-corrected chi connectivity index (χ2v) is 8.70. The second kappa shape index (κ2) is 11.0. The zero-order valence-corrected chi connectivity index (χ0v) is 17.4. The molecule has 154 valence electrons. The van der Waals surface area contributed by atoms with Crippen molar-refractivity contribution in [1.29, 1.82) is 0 Å². The van der Waals surface area contributed by atoms with Crippen LogP contribution in [0.15, 0.2) is 23.8 Å². The monoisotopic (exact) mass is 377 g/mol. The molecule has 2 fully saturated rings. The fraction of sp³-hybridized carbons (Fsp3) is 0.783. The highest BCUT2D eigenvalue weighted by atomic mass is 16.3. The lowest BCUT2D eigenvalue weighted by atomic mass is 9.90. The Labute approximate surface area is 165 Å². The van der Waals surface area contributed by atoms with E-state index in [4.69, 9.17) is 0 Å². The molecular weight excluding hydrogens is 338 g/mol. The summed E-state index contributed by atoms with van der Waals surface area (Å²) in [6, 6.07) is 0. The molecule has 2 saturated carbocycles. The van der Waals surface area contributed by atoms with Crippen LogP contribution in [0.25, 0.3) is 0 Å². The number of unbranched alkanes of at least 4 members (excludes halogenated alkanes) is 3. The van der Waals surface area contributed by atoms with Crippen molar-refractivity contribution in [3.05, 3.63) is 23.8 Å². The van der Waals surface area contributed by atoms with Gasteiger partial charge in [-0.3, -0.25) is 4.79 Å². The molecule has 0 aromatic rings. The van der Waals surface area contributed by atoms with Gasteiger partial charge in [0, 0.05) is 26.4 Å². The third kappa shape index (κ3) is 6.76. The number of rotatable bonds is 10. The molecule has 0 unspecified atom stereocenters. The van der Waals surface area contributed by atoms with Crippen LogP contribution >= 0.6 is 0 Å². The summed E-state index contributed by atoms with van der Waals surface area (Å²) >= 11 is 0. The summed E-state index contributed by atoms with van der Waals surface area (Å²) in [5.74, 6) is 1.45. The summed E-state index contributed by atoms with van der Waals surface area (Å²) in [4.78, 5) is 13.3.